The molecule has 0 aliphatic carbocycles. The molecule has 2 heterocycles. The van der Waals surface area contributed by atoms with Gasteiger partial charge in [0.25, 0.3) is 0 Å². The molecule has 0 amide bonds. The third-order valence-corrected chi connectivity index (χ3v) is 6.76. The van der Waals surface area contributed by atoms with E-state index < -0.39 is 24.0 Å². The number of fused-ring (bicyclic) bond motifs is 1. The Labute approximate surface area is 214 Å². The second-order valence-corrected chi connectivity index (χ2v) is 9.05. The molecular weight excluding hydrogens is 482 g/mol. The molecule has 1 N–H and O–H groups in total. The molecule has 0 bridgehead atoms. The molecule has 1 unspecified atom stereocenters. The predicted octanol–water partition coefficient (Wildman–Crippen LogP) is 4.04. The van der Waals surface area contributed by atoms with Gasteiger partial charge in [0.2, 0.25) is 0 Å². The third kappa shape index (κ3) is 4.74. The maximum Gasteiger partial charge on any atom is 0.336 e. The number of allylic oxidation sites excluding steroid dienone is 2. The van der Waals surface area contributed by atoms with Gasteiger partial charge in [-0.15, -0.1) is 0 Å². The van der Waals surface area contributed by atoms with E-state index in [9.17, 15) is 14.7 Å². The molecule has 1 aliphatic rings. The van der Waals surface area contributed by atoms with Crippen molar-refractivity contribution in [3.63, 3.8) is 0 Å². The number of aliphatic hydroxyl groups is 1. The first-order valence-corrected chi connectivity index (χ1v) is 11.8. The van der Waals surface area contributed by atoms with E-state index in [1.807, 2.05) is 28.8 Å². The van der Waals surface area contributed by atoms with Gasteiger partial charge in [-0.1, -0.05) is 35.9 Å². The molecule has 8 nitrogen and oxygen atoms in total. The van der Waals surface area contributed by atoms with Gasteiger partial charge < -0.3 is 24.0 Å². The first-order chi connectivity index (χ1) is 17.3. The summed E-state index contributed by atoms with van der Waals surface area (Å²) in [4.78, 5) is 32.2. The quantitative estimate of drug-likeness (QED) is 0.480. The fraction of sp³-hybridized carbons (Fsp3) is 0.296. The van der Waals surface area contributed by atoms with Gasteiger partial charge in [-0.2, -0.15) is 0 Å². The van der Waals surface area contributed by atoms with Gasteiger partial charge in [-0.05, 0) is 43.7 Å². The van der Waals surface area contributed by atoms with Crippen molar-refractivity contribution < 1.29 is 24.2 Å². The van der Waals surface area contributed by atoms with Crippen molar-refractivity contribution in [3.8, 4) is 0 Å². The Morgan fingerprint density at radius 1 is 0.972 bits per heavy atom. The number of carbonyl (C=O) groups excluding carboxylic acids is 2. The number of β-amino-alcohol motifs (C(OH)–C–C–N with tert-alkyl or cyclic N) is 1. The zero-order chi connectivity index (χ0) is 26.0. The van der Waals surface area contributed by atoms with Crippen LogP contribution in [-0.2, 0) is 25.6 Å². The monoisotopic (exact) mass is 509 g/mol. The molecule has 4 rings (SSSR count). The lowest BCUT2D eigenvalue weighted by Gasteiger charge is -2.38. The van der Waals surface area contributed by atoms with Crippen LogP contribution in [0.1, 0.15) is 25.3 Å². The molecule has 0 radical (unpaired) electrons. The molecule has 0 saturated heterocycles. The zero-order valence-electron chi connectivity index (χ0n) is 20.6. The van der Waals surface area contributed by atoms with Crippen LogP contribution < -0.4 is 0 Å². The van der Waals surface area contributed by atoms with Gasteiger partial charge in [0.15, 0.2) is 0 Å². The van der Waals surface area contributed by atoms with E-state index in [-0.39, 0.29) is 13.1 Å². The summed E-state index contributed by atoms with van der Waals surface area (Å²) in [5.41, 5.74) is 4.20. The van der Waals surface area contributed by atoms with E-state index in [1.165, 1.54) is 14.2 Å². The highest BCUT2D eigenvalue weighted by Crippen LogP contribution is 2.43. The minimum Gasteiger partial charge on any atom is -0.466 e. The molecule has 2 aromatic carbocycles. The van der Waals surface area contributed by atoms with Crippen molar-refractivity contribution in [1.82, 2.24) is 14.5 Å². The van der Waals surface area contributed by atoms with Crippen LogP contribution in [0.3, 0.4) is 0 Å². The van der Waals surface area contributed by atoms with Crippen molar-refractivity contribution in [2.45, 2.75) is 32.4 Å². The smallest absolute Gasteiger partial charge is 0.336 e. The topological polar surface area (TPSA) is 93.9 Å². The van der Waals surface area contributed by atoms with Crippen molar-refractivity contribution in [3.05, 3.63) is 88.0 Å². The summed E-state index contributed by atoms with van der Waals surface area (Å²) in [6.07, 6.45) is 0.851. The van der Waals surface area contributed by atoms with E-state index in [0.717, 1.165) is 11.0 Å². The third-order valence-electron chi connectivity index (χ3n) is 6.51. The Morgan fingerprint density at radius 3 is 2.14 bits per heavy atom. The van der Waals surface area contributed by atoms with Crippen LogP contribution in [0.15, 0.2) is 77.4 Å². The summed E-state index contributed by atoms with van der Waals surface area (Å²) >= 11 is 6.09. The number of imidazole rings is 1. The summed E-state index contributed by atoms with van der Waals surface area (Å²) < 4.78 is 12.1. The van der Waals surface area contributed by atoms with Crippen LogP contribution in [0.2, 0.25) is 5.02 Å². The van der Waals surface area contributed by atoms with Crippen LogP contribution in [-0.4, -0.2) is 58.4 Å². The summed E-state index contributed by atoms with van der Waals surface area (Å²) in [6.45, 7) is 3.98. The highest BCUT2D eigenvalue weighted by Gasteiger charge is 2.40. The van der Waals surface area contributed by atoms with E-state index >= 15 is 0 Å². The van der Waals surface area contributed by atoms with Gasteiger partial charge in [-0.25, -0.2) is 14.6 Å². The molecule has 1 atom stereocenters. The van der Waals surface area contributed by atoms with Crippen LogP contribution >= 0.6 is 11.6 Å². The largest absolute Gasteiger partial charge is 0.466 e. The Balaban J connectivity index is 1.75. The summed E-state index contributed by atoms with van der Waals surface area (Å²) in [5, 5.41) is 11.6. The average molecular weight is 510 g/mol. The lowest BCUT2D eigenvalue weighted by Crippen LogP contribution is -2.39. The minimum atomic E-state index is -0.836. The number of nitrogens with zero attached hydrogens (tertiary/aromatic N) is 3. The number of halogens is 1. The molecule has 3 aromatic rings. The Morgan fingerprint density at radius 2 is 1.56 bits per heavy atom. The number of hydrogen-bond donors (Lipinski definition) is 1. The summed E-state index contributed by atoms with van der Waals surface area (Å²) in [6, 6.07) is 14.6. The highest BCUT2D eigenvalue weighted by atomic mass is 35.5. The number of esters is 2. The lowest BCUT2D eigenvalue weighted by molar-refractivity contribution is -0.137. The normalized spacial score (nSPS) is 15.4. The van der Waals surface area contributed by atoms with Gasteiger partial charge in [-0.3, -0.25) is 0 Å². The van der Waals surface area contributed by atoms with E-state index in [1.54, 1.807) is 49.3 Å². The van der Waals surface area contributed by atoms with Gasteiger partial charge >= 0.3 is 11.9 Å². The van der Waals surface area contributed by atoms with Crippen LogP contribution in [0, 0.1) is 0 Å². The van der Waals surface area contributed by atoms with Crippen molar-refractivity contribution in [1.29, 1.82) is 0 Å². The molecule has 36 heavy (non-hydrogen) atoms. The number of aromatic nitrogens is 2. The standard InChI is InChI=1S/C27H28ClN3O5/c1-16-23(26(33)35-3)25(18-9-11-19(28)12-10-18)24(27(34)36-4)17(2)31(16)14-20(32)13-30-15-29-21-7-5-6-8-22(21)30/h5-12,15,20,25,32H,13-14H2,1-4H3. The number of benzene rings is 2. The first-order valence-electron chi connectivity index (χ1n) is 11.5. The maximum absolute atomic E-state index is 13.0. The van der Waals surface area contributed by atoms with Gasteiger partial charge in [0, 0.05) is 16.4 Å². The predicted molar refractivity (Wildman–Crippen MR) is 136 cm³/mol. The summed E-state index contributed by atoms with van der Waals surface area (Å²) in [5.74, 6) is -1.85. The first kappa shape index (κ1) is 25.5. The number of rotatable bonds is 7. The maximum atomic E-state index is 13.0. The molecule has 1 aromatic heterocycles. The number of para-hydroxylation sites is 2. The number of methoxy groups -OCH3 is 2. The molecule has 1 aliphatic heterocycles. The second kappa shape index (κ2) is 10.6. The zero-order valence-corrected chi connectivity index (χ0v) is 21.3. The molecular formula is C27H28ClN3O5. The van der Waals surface area contributed by atoms with Crippen LogP contribution in [0.5, 0.6) is 0 Å². The fourth-order valence-corrected chi connectivity index (χ4v) is 4.90. The minimum absolute atomic E-state index is 0.137. The van der Waals surface area contributed by atoms with Crippen molar-refractivity contribution in [2.24, 2.45) is 0 Å². The van der Waals surface area contributed by atoms with E-state index in [0.29, 0.717) is 33.1 Å². The van der Waals surface area contributed by atoms with Gasteiger partial charge in [0.1, 0.15) is 0 Å². The number of hydrogen-bond acceptors (Lipinski definition) is 7. The molecule has 188 valence electrons. The molecule has 9 heteroatoms. The molecule has 0 fully saturated rings. The number of carbonyl (C=O) groups is 2. The van der Waals surface area contributed by atoms with E-state index in [2.05, 4.69) is 4.98 Å². The van der Waals surface area contributed by atoms with E-state index in [4.69, 9.17) is 21.1 Å². The number of aliphatic hydroxyl groups excluding tert-OH is 1. The Hall–Kier alpha value is -3.62. The van der Waals surface area contributed by atoms with Gasteiger partial charge in [0.05, 0.1) is 67.8 Å². The van der Waals surface area contributed by atoms with Crippen LogP contribution in [0.25, 0.3) is 11.0 Å². The second-order valence-electron chi connectivity index (χ2n) is 8.62. The Bertz CT molecular complexity index is 1320. The number of ether oxygens (including phenoxy) is 2. The highest BCUT2D eigenvalue weighted by molar-refractivity contribution is 6.30. The average Bonchev–Trinajstić information content (AvgIpc) is 3.28. The lowest BCUT2D eigenvalue weighted by atomic mass is 9.79. The Kier molecular flexibility index (Phi) is 7.47. The molecule has 0 saturated carbocycles. The molecule has 0 spiro atoms. The fourth-order valence-electron chi connectivity index (χ4n) is 4.77. The van der Waals surface area contributed by atoms with Crippen LogP contribution in [0.4, 0.5) is 0 Å². The van der Waals surface area contributed by atoms with Crippen molar-refractivity contribution >= 4 is 34.6 Å². The van der Waals surface area contributed by atoms with Crippen molar-refractivity contribution in [2.75, 3.05) is 20.8 Å². The SMILES string of the molecule is COC(=O)C1=C(C)N(CC(O)Cn2cnc3ccccc32)C(C)=C(C(=O)OC)C1c1ccc(Cl)cc1. The summed E-state index contributed by atoms with van der Waals surface area (Å²) in [7, 11) is 2.60.